The van der Waals surface area contributed by atoms with Gasteiger partial charge in [0.25, 0.3) is 0 Å². The minimum Gasteiger partial charge on any atom is -0.489 e. The fraction of sp³-hybridized carbons (Fsp3) is 0.625. The first-order valence-corrected chi connectivity index (χ1v) is 7.72. The summed E-state index contributed by atoms with van der Waals surface area (Å²) >= 11 is 6.31. The van der Waals surface area contributed by atoms with Crippen molar-refractivity contribution in [3.63, 3.8) is 0 Å². The lowest BCUT2D eigenvalue weighted by Gasteiger charge is -2.27. The van der Waals surface area contributed by atoms with Crippen molar-refractivity contribution in [2.45, 2.75) is 52.2 Å². The lowest BCUT2D eigenvalue weighted by atomic mass is 9.89. The predicted octanol–water partition coefficient (Wildman–Crippen LogP) is 4.41. The van der Waals surface area contributed by atoms with Crippen LogP contribution in [0.2, 0.25) is 5.02 Å². The van der Waals surface area contributed by atoms with Crippen LogP contribution in [0.1, 0.15) is 45.1 Å². The van der Waals surface area contributed by atoms with Crippen molar-refractivity contribution in [2.24, 2.45) is 5.92 Å². The summed E-state index contributed by atoms with van der Waals surface area (Å²) in [6, 6.07) is 6.11. The van der Waals surface area contributed by atoms with E-state index >= 15 is 0 Å². The first-order valence-electron chi connectivity index (χ1n) is 7.34. The molecule has 0 heterocycles. The summed E-state index contributed by atoms with van der Waals surface area (Å²) in [4.78, 5) is 0. The third-order valence-electron chi connectivity index (χ3n) is 3.76. The van der Waals surface area contributed by atoms with E-state index in [1.165, 1.54) is 18.4 Å². The third kappa shape index (κ3) is 4.39. The van der Waals surface area contributed by atoms with Crippen molar-refractivity contribution in [1.82, 2.24) is 5.32 Å². The minimum absolute atomic E-state index is 0.334. The molecule has 0 aliphatic heterocycles. The molecule has 3 heteroatoms. The van der Waals surface area contributed by atoms with E-state index in [2.05, 4.69) is 25.2 Å². The largest absolute Gasteiger partial charge is 0.489 e. The van der Waals surface area contributed by atoms with Crippen molar-refractivity contribution >= 4 is 11.6 Å². The van der Waals surface area contributed by atoms with Crippen LogP contribution < -0.4 is 10.1 Å². The van der Waals surface area contributed by atoms with Crippen LogP contribution in [0.3, 0.4) is 0 Å². The topological polar surface area (TPSA) is 21.3 Å². The molecule has 1 fully saturated rings. The van der Waals surface area contributed by atoms with Gasteiger partial charge < -0.3 is 10.1 Å². The van der Waals surface area contributed by atoms with Crippen molar-refractivity contribution < 1.29 is 4.74 Å². The Morgan fingerprint density at radius 1 is 1.37 bits per heavy atom. The molecule has 1 N–H and O–H groups in total. The summed E-state index contributed by atoms with van der Waals surface area (Å²) in [5.41, 5.74) is 1.20. The number of halogens is 1. The Kier molecular flexibility index (Phi) is 5.53. The van der Waals surface area contributed by atoms with Gasteiger partial charge in [-0.15, -0.1) is 0 Å². The van der Waals surface area contributed by atoms with Crippen molar-refractivity contribution in [3.8, 4) is 5.75 Å². The number of ether oxygens (including phenoxy) is 1. The SMILES string of the molecule is CCNCc1ccc(OC2CCCC(C)C2)c(Cl)c1. The van der Waals surface area contributed by atoms with Gasteiger partial charge in [-0.1, -0.05) is 37.9 Å². The second kappa shape index (κ2) is 7.16. The highest BCUT2D eigenvalue weighted by molar-refractivity contribution is 6.32. The van der Waals surface area contributed by atoms with E-state index in [0.29, 0.717) is 6.10 Å². The molecule has 2 atom stereocenters. The van der Waals surface area contributed by atoms with Crippen molar-refractivity contribution in [1.29, 1.82) is 0 Å². The molecule has 1 aromatic rings. The second-order valence-corrected chi connectivity index (χ2v) is 5.96. The van der Waals surface area contributed by atoms with Gasteiger partial charge >= 0.3 is 0 Å². The molecule has 0 radical (unpaired) electrons. The van der Waals surface area contributed by atoms with Gasteiger partial charge in [0.15, 0.2) is 0 Å². The molecule has 0 amide bonds. The molecule has 0 bridgehead atoms. The summed E-state index contributed by atoms with van der Waals surface area (Å²) in [5.74, 6) is 1.60. The summed E-state index contributed by atoms with van der Waals surface area (Å²) in [7, 11) is 0. The van der Waals surface area contributed by atoms with Gasteiger partial charge in [-0.25, -0.2) is 0 Å². The monoisotopic (exact) mass is 281 g/mol. The van der Waals surface area contributed by atoms with Crippen LogP contribution in [0.25, 0.3) is 0 Å². The van der Waals surface area contributed by atoms with Crippen LogP contribution >= 0.6 is 11.6 Å². The summed E-state index contributed by atoms with van der Waals surface area (Å²) < 4.78 is 6.06. The van der Waals surface area contributed by atoms with E-state index < -0.39 is 0 Å². The third-order valence-corrected chi connectivity index (χ3v) is 4.05. The maximum atomic E-state index is 6.31. The van der Waals surface area contributed by atoms with Gasteiger partial charge in [-0.05, 0) is 49.4 Å². The lowest BCUT2D eigenvalue weighted by Crippen LogP contribution is -2.24. The Hall–Kier alpha value is -0.730. The van der Waals surface area contributed by atoms with Gasteiger partial charge in [0.05, 0.1) is 11.1 Å². The molecule has 1 aliphatic rings. The molecule has 1 aliphatic carbocycles. The van der Waals surface area contributed by atoms with Crippen molar-refractivity contribution in [3.05, 3.63) is 28.8 Å². The smallest absolute Gasteiger partial charge is 0.138 e. The molecule has 106 valence electrons. The molecule has 2 nitrogen and oxygen atoms in total. The predicted molar refractivity (Wildman–Crippen MR) is 80.9 cm³/mol. The standard InChI is InChI=1S/C16H24ClNO/c1-3-18-11-13-7-8-16(15(17)10-13)19-14-6-4-5-12(2)9-14/h7-8,10,12,14,18H,3-6,9,11H2,1-2H3. The maximum absolute atomic E-state index is 6.31. The Bertz CT molecular complexity index is 408. The van der Waals surface area contributed by atoms with E-state index in [-0.39, 0.29) is 0 Å². The van der Waals surface area contributed by atoms with E-state index in [0.717, 1.165) is 42.6 Å². The first-order chi connectivity index (χ1) is 9.19. The van der Waals surface area contributed by atoms with Crippen LogP contribution in [-0.2, 0) is 6.54 Å². The van der Waals surface area contributed by atoms with E-state index in [1.54, 1.807) is 0 Å². The van der Waals surface area contributed by atoms with Crippen LogP contribution in [0, 0.1) is 5.92 Å². The Morgan fingerprint density at radius 3 is 2.89 bits per heavy atom. The Labute approximate surface area is 121 Å². The Balaban J connectivity index is 1.96. The van der Waals surface area contributed by atoms with Crippen LogP contribution in [-0.4, -0.2) is 12.6 Å². The van der Waals surface area contributed by atoms with E-state index in [1.807, 2.05) is 12.1 Å². The number of benzene rings is 1. The summed E-state index contributed by atoms with van der Waals surface area (Å²) in [6.45, 7) is 6.23. The minimum atomic E-state index is 0.334. The zero-order chi connectivity index (χ0) is 13.7. The van der Waals surface area contributed by atoms with Crippen LogP contribution in [0.5, 0.6) is 5.75 Å². The molecule has 19 heavy (non-hydrogen) atoms. The molecule has 0 spiro atoms. The highest BCUT2D eigenvalue weighted by Crippen LogP contribution is 2.31. The Morgan fingerprint density at radius 2 is 2.21 bits per heavy atom. The van der Waals surface area contributed by atoms with Gasteiger partial charge in [0.2, 0.25) is 0 Å². The van der Waals surface area contributed by atoms with Gasteiger partial charge in [-0.2, -0.15) is 0 Å². The first kappa shape index (κ1) is 14.7. The van der Waals surface area contributed by atoms with E-state index in [4.69, 9.17) is 16.3 Å². The van der Waals surface area contributed by atoms with Crippen LogP contribution in [0.15, 0.2) is 18.2 Å². The molecule has 0 saturated heterocycles. The van der Waals surface area contributed by atoms with Gasteiger partial charge in [-0.3, -0.25) is 0 Å². The number of nitrogens with one attached hydrogen (secondary N) is 1. The van der Waals surface area contributed by atoms with Gasteiger partial charge in [0.1, 0.15) is 5.75 Å². The number of rotatable bonds is 5. The highest BCUT2D eigenvalue weighted by Gasteiger charge is 2.20. The number of hydrogen-bond donors (Lipinski definition) is 1. The average Bonchev–Trinajstić information content (AvgIpc) is 2.39. The molecule has 1 aromatic carbocycles. The van der Waals surface area contributed by atoms with Gasteiger partial charge in [0, 0.05) is 6.54 Å². The lowest BCUT2D eigenvalue weighted by molar-refractivity contribution is 0.129. The molecular formula is C16H24ClNO. The normalized spacial score (nSPS) is 23.3. The molecule has 2 rings (SSSR count). The summed E-state index contributed by atoms with van der Waals surface area (Å²) in [6.07, 6.45) is 5.23. The number of hydrogen-bond acceptors (Lipinski definition) is 2. The highest BCUT2D eigenvalue weighted by atomic mass is 35.5. The van der Waals surface area contributed by atoms with E-state index in [9.17, 15) is 0 Å². The fourth-order valence-corrected chi connectivity index (χ4v) is 2.93. The summed E-state index contributed by atoms with van der Waals surface area (Å²) in [5, 5.41) is 4.03. The quantitative estimate of drug-likeness (QED) is 0.863. The maximum Gasteiger partial charge on any atom is 0.138 e. The zero-order valence-corrected chi connectivity index (χ0v) is 12.7. The zero-order valence-electron chi connectivity index (χ0n) is 11.9. The molecule has 2 unspecified atom stereocenters. The second-order valence-electron chi connectivity index (χ2n) is 5.56. The molecule has 0 aromatic heterocycles. The average molecular weight is 282 g/mol. The van der Waals surface area contributed by atoms with Crippen LogP contribution in [0.4, 0.5) is 0 Å². The fourth-order valence-electron chi connectivity index (χ4n) is 2.68. The molecule has 1 saturated carbocycles. The molecular weight excluding hydrogens is 258 g/mol. The van der Waals surface area contributed by atoms with Crippen molar-refractivity contribution in [2.75, 3.05) is 6.54 Å².